The number of aromatic hydroxyl groups is 1. The van der Waals surface area contributed by atoms with E-state index in [1.165, 1.54) is 0 Å². The second kappa shape index (κ2) is 7.75. The van der Waals surface area contributed by atoms with Crippen molar-refractivity contribution in [3.8, 4) is 17.0 Å². The number of phenolic OH excluding ortho intramolecular Hbond substituents is 1. The summed E-state index contributed by atoms with van der Waals surface area (Å²) in [5, 5.41) is 18.3. The van der Waals surface area contributed by atoms with Crippen LogP contribution in [0.15, 0.2) is 54.9 Å². The summed E-state index contributed by atoms with van der Waals surface area (Å²) in [7, 11) is 0. The van der Waals surface area contributed by atoms with Gasteiger partial charge in [0.1, 0.15) is 5.75 Å². The van der Waals surface area contributed by atoms with Gasteiger partial charge in [0.15, 0.2) is 5.82 Å². The first kappa shape index (κ1) is 18.7. The summed E-state index contributed by atoms with van der Waals surface area (Å²) >= 11 is 0. The SMILES string of the molecule is CC1CN(c2cc(-c3ccccc3O)nnc2N)CCN1C(=O)c1cccnc1. The van der Waals surface area contributed by atoms with Crippen molar-refractivity contribution in [2.45, 2.75) is 13.0 Å². The largest absolute Gasteiger partial charge is 0.507 e. The zero-order chi connectivity index (χ0) is 20.4. The average Bonchev–Trinajstić information content (AvgIpc) is 2.75. The van der Waals surface area contributed by atoms with Gasteiger partial charge in [-0.2, -0.15) is 0 Å². The van der Waals surface area contributed by atoms with E-state index in [-0.39, 0.29) is 17.7 Å². The van der Waals surface area contributed by atoms with E-state index in [1.54, 1.807) is 42.7 Å². The zero-order valence-electron chi connectivity index (χ0n) is 16.1. The van der Waals surface area contributed by atoms with E-state index in [0.717, 1.165) is 5.69 Å². The molecule has 3 N–H and O–H groups in total. The molecule has 3 aromatic rings. The van der Waals surface area contributed by atoms with E-state index in [1.807, 2.05) is 24.0 Å². The number of hydrogen-bond acceptors (Lipinski definition) is 7. The average molecular weight is 390 g/mol. The maximum Gasteiger partial charge on any atom is 0.255 e. The Kier molecular flexibility index (Phi) is 4.99. The first-order valence-electron chi connectivity index (χ1n) is 9.42. The fourth-order valence-electron chi connectivity index (χ4n) is 3.60. The number of aromatic nitrogens is 3. The molecule has 8 nitrogen and oxygen atoms in total. The van der Waals surface area contributed by atoms with Crippen molar-refractivity contribution in [3.05, 3.63) is 60.4 Å². The third-order valence-electron chi connectivity index (χ3n) is 5.12. The third-order valence-corrected chi connectivity index (χ3v) is 5.12. The van der Waals surface area contributed by atoms with Gasteiger partial charge in [0.2, 0.25) is 0 Å². The fourth-order valence-corrected chi connectivity index (χ4v) is 3.60. The second-order valence-corrected chi connectivity index (χ2v) is 7.05. The van der Waals surface area contributed by atoms with Gasteiger partial charge < -0.3 is 20.6 Å². The summed E-state index contributed by atoms with van der Waals surface area (Å²) < 4.78 is 0. The van der Waals surface area contributed by atoms with Crippen molar-refractivity contribution >= 4 is 17.4 Å². The fraction of sp³-hybridized carbons (Fsp3) is 0.238. The van der Waals surface area contributed by atoms with Gasteiger partial charge in [-0.25, -0.2) is 0 Å². The van der Waals surface area contributed by atoms with E-state index in [2.05, 4.69) is 20.1 Å². The number of hydrogen-bond donors (Lipinski definition) is 2. The number of carbonyl (C=O) groups excluding carboxylic acids is 1. The summed E-state index contributed by atoms with van der Waals surface area (Å²) in [6, 6.07) is 12.3. The van der Waals surface area contributed by atoms with Crippen LogP contribution in [0.25, 0.3) is 11.3 Å². The lowest BCUT2D eigenvalue weighted by molar-refractivity contribution is 0.0674. The van der Waals surface area contributed by atoms with Gasteiger partial charge in [-0.15, -0.1) is 10.2 Å². The third kappa shape index (κ3) is 3.69. The zero-order valence-corrected chi connectivity index (χ0v) is 16.1. The Balaban J connectivity index is 1.56. The number of nitrogen functional groups attached to an aromatic ring is 1. The molecule has 1 aromatic carbocycles. The highest BCUT2D eigenvalue weighted by molar-refractivity contribution is 5.94. The van der Waals surface area contributed by atoms with Crippen LogP contribution in [0.1, 0.15) is 17.3 Å². The van der Waals surface area contributed by atoms with E-state index in [9.17, 15) is 9.90 Å². The summed E-state index contributed by atoms with van der Waals surface area (Å²) in [5.41, 5.74) is 8.58. The van der Waals surface area contributed by atoms with Crippen molar-refractivity contribution < 1.29 is 9.90 Å². The predicted octanol–water partition coefficient (Wildman–Crippen LogP) is 2.18. The second-order valence-electron chi connectivity index (χ2n) is 7.05. The van der Waals surface area contributed by atoms with Gasteiger partial charge >= 0.3 is 0 Å². The van der Waals surface area contributed by atoms with Gasteiger partial charge in [-0.3, -0.25) is 9.78 Å². The van der Waals surface area contributed by atoms with Gasteiger partial charge in [0.25, 0.3) is 5.91 Å². The number of nitrogens with two attached hydrogens (primary N) is 1. The van der Waals surface area contributed by atoms with Crippen LogP contribution < -0.4 is 10.6 Å². The van der Waals surface area contributed by atoms with Crippen molar-refractivity contribution in [1.29, 1.82) is 0 Å². The Bertz CT molecular complexity index is 1030. The highest BCUT2D eigenvalue weighted by Crippen LogP contribution is 2.32. The number of benzene rings is 1. The lowest BCUT2D eigenvalue weighted by Crippen LogP contribution is -2.54. The molecule has 1 aliphatic heterocycles. The van der Waals surface area contributed by atoms with Gasteiger partial charge in [0, 0.05) is 43.6 Å². The number of pyridine rings is 1. The van der Waals surface area contributed by atoms with E-state index >= 15 is 0 Å². The summed E-state index contributed by atoms with van der Waals surface area (Å²) in [6.07, 6.45) is 3.24. The number of piperazine rings is 1. The van der Waals surface area contributed by atoms with Crippen molar-refractivity contribution in [2.24, 2.45) is 0 Å². The van der Waals surface area contributed by atoms with Crippen LogP contribution in [0, 0.1) is 0 Å². The van der Waals surface area contributed by atoms with Crippen LogP contribution in [0.4, 0.5) is 11.5 Å². The normalized spacial score (nSPS) is 16.7. The number of amides is 1. The molecule has 1 aliphatic rings. The smallest absolute Gasteiger partial charge is 0.255 e. The lowest BCUT2D eigenvalue weighted by Gasteiger charge is -2.41. The maximum atomic E-state index is 12.8. The quantitative estimate of drug-likeness (QED) is 0.705. The van der Waals surface area contributed by atoms with Crippen LogP contribution in [-0.2, 0) is 0 Å². The minimum atomic E-state index is -0.0269. The predicted molar refractivity (Wildman–Crippen MR) is 110 cm³/mol. The molecule has 1 saturated heterocycles. The standard InChI is InChI=1S/C21H22N6O2/c1-14-13-26(9-10-27(14)21(29)15-5-4-8-23-12-15)18-11-17(24-25-20(18)22)16-6-2-3-7-19(16)28/h2-8,11-12,14,28H,9-10,13H2,1H3,(H2,22,25). The van der Waals surface area contributed by atoms with Crippen LogP contribution >= 0.6 is 0 Å². The summed E-state index contributed by atoms with van der Waals surface area (Å²) in [5.74, 6) is 0.433. The van der Waals surface area contributed by atoms with Gasteiger partial charge in [-0.05, 0) is 37.3 Å². The number of phenols is 1. The molecule has 4 rings (SSSR count). The first-order valence-corrected chi connectivity index (χ1v) is 9.42. The van der Waals surface area contributed by atoms with E-state index < -0.39 is 0 Å². The minimum Gasteiger partial charge on any atom is -0.507 e. The topological polar surface area (TPSA) is 108 Å². The van der Waals surface area contributed by atoms with Crippen LogP contribution in [0.3, 0.4) is 0 Å². The molecule has 1 fully saturated rings. The number of nitrogens with zero attached hydrogens (tertiary/aromatic N) is 5. The molecule has 1 amide bonds. The number of anilines is 2. The highest BCUT2D eigenvalue weighted by atomic mass is 16.3. The number of carbonyl (C=O) groups is 1. The minimum absolute atomic E-state index is 0.0161. The molecule has 29 heavy (non-hydrogen) atoms. The summed E-state index contributed by atoms with van der Waals surface area (Å²) in [6.45, 7) is 3.80. The van der Waals surface area contributed by atoms with Crippen LogP contribution in [0.2, 0.25) is 0 Å². The van der Waals surface area contributed by atoms with E-state index in [4.69, 9.17) is 5.73 Å². The van der Waals surface area contributed by atoms with Crippen molar-refractivity contribution in [2.75, 3.05) is 30.3 Å². The van der Waals surface area contributed by atoms with E-state index in [0.29, 0.717) is 42.3 Å². The molecule has 0 aliphatic carbocycles. The molecular weight excluding hydrogens is 368 g/mol. The molecule has 0 saturated carbocycles. The molecule has 1 atom stereocenters. The number of para-hydroxylation sites is 1. The Labute approximate surface area is 168 Å². The maximum absolute atomic E-state index is 12.8. The molecular formula is C21H22N6O2. The Hall–Kier alpha value is -3.68. The molecule has 148 valence electrons. The highest BCUT2D eigenvalue weighted by Gasteiger charge is 2.29. The molecule has 0 radical (unpaired) electrons. The van der Waals surface area contributed by atoms with Crippen molar-refractivity contribution in [3.63, 3.8) is 0 Å². The Morgan fingerprint density at radius 1 is 1.17 bits per heavy atom. The Morgan fingerprint density at radius 3 is 2.72 bits per heavy atom. The Morgan fingerprint density at radius 2 is 2.00 bits per heavy atom. The first-order chi connectivity index (χ1) is 14.0. The van der Waals surface area contributed by atoms with Crippen molar-refractivity contribution in [1.82, 2.24) is 20.1 Å². The molecule has 2 aromatic heterocycles. The molecule has 0 bridgehead atoms. The lowest BCUT2D eigenvalue weighted by atomic mass is 10.1. The molecule has 8 heteroatoms. The summed E-state index contributed by atoms with van der Waals surface area (Å²) in [4.78, 5) is 20.8. The van der Waals surface area contributed by atoms with Gasteiger partial charge in [-0.1, -0.05) is 12.1 Å². The number of rotatable bonds is 3. The molecule has 3 heterocycles. The molecule has 0 spiro atoms. The van der Waals surface area contributed by atoms with Crippen LogP contribution in [-0.4, -0.2) is 56.8 Å². The van der Waals surface area contributed by atoms with Gasteiger partial charge in [0.05, 0.1) is 16.9 Å². The monoisotopic (exact) mass is 390 g/mol. The molecule has 1 unspecified atom stereocenters. The van der Waals surface area contributed by atoms with Crippen LogP contribution in [0.5, 0.6) is 5.75 Å².